The molecule has 2 N–H and O–H groups in total. The average Bonchev–Trinajstić information content (AvgIpc) is 3.46. The molecule has 0 radical (unpaired) electrons. The first kappa shape index (κ1) is 23.7. The number of aliphatic hydroxyl groups is 1. The monoisotopic (exact) mass is 524 g/mol. The van der Waals surface area contributed by atoms with E-state index in [1.165, 1.54) is 14.2 Å². The van der Waals surface area contributed by atoms with Crippen LogP contribution in [0.3, 0.4) is 0 Å². The second kappa shape index (κ2) is 9.88. The molecule has 1 saturated heterocycles. The molecule has 182 valence electrons. The van der Waals surface area contributed by atoms with E-state index in [1.807, 2.05) is 12.1 Å². The molecule has 1 fully saturated rings. The predicted molar refractivity (Wildman–Crippen MR) is 131 cm³/mol. The van der Waals surface area contributed by atoms with Gasteiger partial charge in [0.25, 0.3) is 0 Å². The molecular formula is C23H24O8S3. The molecule has 0 saturated carbocycles. The van der Waals surface area contributed by atoms with Gasteiger partial charge in [-0.1, -0.05) is 21.6 Å². The summed E-state index contributed by atoms with van der Waals surface area (Å²) >= 11 is 0. The summed E-state index contributed by atoms with van der Waals surface area (Å²) in [5.74, 6) is 1.31. The number of hydrogen-bond acceptors (Lipinski definition) is 11. The molecule has 0 spiro atoms. The molecule has 5 rings (SSSR count). The van der Waals surface area contributed by atoms with E-state index in [4.69, 9.17) is 28.8 Å². The van der Waals surface area contributed by atoms with E-state index in [-0.39, 0.29) is 53.7 Å². The first-order valence-electron chi connectivity index (χ1n) is 10.7. The summed E-state index contributed by atoms with van der Waals surface area (Å²) in [7, 11) is 7.81. The molecule has 11 heteroatoms. The molecule has 2 aromatic carbocycles. The van der Waals surface area contributed by atoms with Crippen LogP contribution in [-0.2, 0) is 9.53 Å². The molecule has 2 aromatic rings. The normalized spacial score (nSPS) is 24.4. The quantitative estimate of drug-likeness (QED) is 0.296. The molecule has 3 aliphatic rings. The Balaban J connectivity index is 1.66. The lowest BCUT2D eigenvalue weighted by atomic mass is 9.67. The second-order valence-electron chi connectivity index (χ2n) is 8.04. The number of ether oxygens (including phenoxy) is 5. The van der Waals surface area contributed by atoms with E-state index in [9.17, 15) is 9.90 Å². The third kappa shape index (κ3) is 4.02. The maximum absolute atomic E-state index is 13.1. The summed E-state index contributed by atoms with van der Waals surface area (Å²) in [6, 6.07) is 7.46. The van der Waals surface area contributed by atoms with Crippen molar-refractivity contribution in [2.45, 2.75) is 11.2 Å². The van der Waals surface area contributed by atoms with Crippen LogP contribution in [0.5, 0.6) is 28.7 Å². The fourth-order valence-corrected chi connectivity index (χ4v) is 9.31. The highest BCUT2D eigenvalue weighted by molar-refractivity contribution is 9.09. The topological polar surface area (TPSA) is 104 Å². The van der Waals surface area contributed by atoms with E-state index in [0.717, 1.165) is 16.7 Å². The van der Waals surface area contributed by atoms with Gasteiger partial charge in [-0.25, -0.2) is 0 Å². The number of esters is 1. The van der Waals surface area contributed by atoms with Crippen LogP contribution in [0.15, 0.2) is 24.3 Å². The summed E-state index contributed by atoms with van der Waals surface area (Å²) in [6.07, 6.45) is 0. The minimum atomic E-state index is -0.423. The third-order valence-electron chi connectivity index (χ3n) is 6.35. The van der Waals surface area contributed by atoms with Crippen molar-refractivity contribution in [3.05, 3.63) is 41.0 Å². The van der Waals surface area contributed by atoms with Crippen LogP contribution in [0.4, 0.5) is 0 Å². The van der Waals surface area contributed by atoms with Crippen molar-refractivity contribution < 1.29 is 38.7 Å². The molecule has 0 aromatic heterocycles. The highest BCUT2D eigenvalue weighted by atomic mass is 33.5. The minimum absolute atomic E-state index is 0.0192. The van der Waals surface area contributed by atoms with Crippen molar-refractivity contribution in [2.24, 2.45) is 11.8 Å². The Morgan fingerprint density at radius 1 is 1.03 bits per heavy atom. The van der Waals surface area contributed by atoms with E-state index >= 15 is 0 Å². The number of fused-ring (bicyclic) bond motifs is 3. The largest absolute Gasteiger partial charge is 0.502 e. The number of methoxy groups -OCH3 is 2. The van der Waals surface area contributed by atoms with Crippen LogP contribution in [0.25, 0.3) is 0 Å². The highest BCUT2D eigenvalue weighted by Crippen LogP contribution is 2.61. The van der Waals surface area contributed by atoms with E-state index in [2.05, 4.69) is 0 Å². The zero-order valence-corrected chi connectivity index (χ0v) is 21.0. The molecule has 0 unspecified atom stereocenters. The summed E-state index contributed by atoms with van der Waals surface area (Å²) in [6.45, 7) is 0.582. The summed E-state index contributed by atoms with van der Waals surface area (Å²) in [4.78, 5) is 13.1. The van der Waals surface area contributed by atoms with E-state index in [1.54, 1.807) is 43.5 Å². The first-order valence-corrected chi connectivity index (χ1v) is 14.4. The van der Waals surface area contributed by atoms with Crippen LogP contribution in [-0.4, -0.2) is 56.2 Å². The number of aromatic hydroxyl groups is 1. The first-order chi connectivity index (χ1) is 16.6. The third-order valence-corrected chi connectivity index (χ3v) is 10.9. The zero-order valence-electron chi connectivity index (χ0n) is 18.5. The molecule has 0 amide bonds. The Hall–Kier alpha value is -2.08. The van der Waals surface area contributed by atoms with Gasteiger partial charge in [-0.15, -0.1) is 0 Å². The van der Waals surface area contributed by atoms with Crippen LogP contribution in [0, 0.1) is 11.8 Å². The van der Waals surface area contributed by atoms with Crippen molar-refractivity contribution in [2.75, 3.05) is 40.0 Å². The molecule has 4 atom stereocenters. The molecule has 34 heavy (non-hydrogen) atoms. The van der Waals surface area contributed by atoms with Gasteiger partial charge in [0.05, 0.1) is 33.4 Å². The molecular weight excluding hydrogens is 500 g/mol. The van der Waals surface area contributed by atoms with Gasteiger partial charge in [0.2, 0.25) is 12.5 Å². The number of carbonyl (C=O) groups is 1. The molecule has 2 aliphatic heterocycles. The van der Waals surface area contributed by atoms with E-state index < -0.39 is 5.92 Å². The standard InChI is InChI=1S/C23H24O8S3/c1-27-17-5-11(6-18(28-2)21(17)25)19-12-7-15-16(31-10-30-15)8-13(12)22(33-34-32-4-3-24)14-9-29-23(26)20(14)19/h5-8,14,19-20,22,24-25H,3-4,9-10H2,1-2H3/t14-,19+,20-,22+/m0/s1. The Kier molecular flexibility index (Phi) is 6.88. The summed E-state index contributed by atoms with van der Waals surface area (Å²) in [5.41, 5.74) is 2.79. The number of cyclic esters (lactones) is 1. The van der Waals surface area contributed by atoms with Gasteiger partial charge in [0, 0.05) is 22.8 Å². The predicted octanol–water partition coefficient (Wildman–Crippen LogP) is 4.14. The van der Waals surface area contributed by atoms with Crippen LogP contribution >= 0.6 is 31.4 Å². The van der Waals surface area contributed by atoms with Gasteiger partial charge in [-0.05, 0) is 50.8 Å². The summed E-state index contributed by atoms with van der Waals surface area (Å²) in [5, 5.41) is 19.6. The Morgan fingerprint density at radius 3 is 2.35 bits per heavy atom. The number of rotatable bonds is 8. The number of phenolic OH excluding ortho intramolecular Hbond substituents is 1. The lowest BCUT2D eigenvalue weighted by molar-refractivity contribution is -0.141. The molecule has 8 nitrogen and oxygen atoms in total. The van der Waals surface area contributed by atoms with Crippen LogP contribution < -0.4 is 18.9 Å². The molecule has 0 bridgehead atoms. The van der Waals surface area contributed by atoms with Crippen molar-refractivity contribution in [3.8, 4) is 28.7 Å². The number of carbonyl (C=O) groups excluding carboxylic acids is 1. The fourth-order valence-electron chi connectivity index (χ4n) is 4.87. The van der Waals surface area contributed by atoms with Gasteiger partial charge < -0.3 is 33.9 Å². The highest BCUT2D eigenvalue weighted by Gasteiger charge is 2.53. The van der Waals surface area contributed by atoms with Crippen molar-refractivity contribution in [1.82, 2.24) is 0 Å². The van der Waals surface area contributed by atoms with Crippen molar-refractivity contribution in [1.29, 1.82) is 0 Å². The number of hydrogen-bond donors (Lipinski definition) is 2. The van der Waals surface area contributed by atoms with Crippen molar-refractivity contribution >= 4 is 37.4 Å². The molecule has 1 aliphatic carbocycles. The van der Waals surface area contributed by atoms with Crippen LogP contribution in [0.2, 0.25) is 0 Å². The average molecular weight is 525 g/mol. The minimum Gasteiger partial charge on any atom is -0.502 e. The smallest absolute Gasteiger partial charge is 0.310 e. The van der Waals surface area contributed by atoms with Gasteiger partial charge in [-0.2, -0.15) is 0 Å². The lowest BCUT2D eigenvalue weighted by Crippen LogP contribution is -2.33. The maximum atomic E-state index is 13.1. The van der Waals surface area contributed by atoms with Gasteiger partial charge in [0.1, 0.15) is 0 Å². The number of phenols is 1. The van der Waals surface area contributed by atoms with Gasteiger partial charge >= 0.3 is 5.97 Å². The maximum Gasteiger partial charge on any atom is 0.310 e. The number of aliphatic hydroxyl groups excluding tert-OH is 1. The van der Waals surface area contributed by atoms with E-state index in [0.29, 0.717) is 23.9 Å². The van der Waals surface area contributed by atoms with Crippen LogP contribution in [0.1, 0.15) is 27.9 Å². The fraction of sp³-hybridized carbons (Fsp3) is 0.435. The Bertz CT molecular complexity index is 1070. The van der Waals surface area contributed by atoms with Gasteiger partial charge in [-0.3, -0.25) is 4.79 Å². The summed E-state index contributed by atoms with van der Waals surface area (Å²) < 4.78 is 27.7. The Morgan fingerprint density at radius 2 is 1.71 bits per heavy atom. The number of benzene rings is 2. The Labute approximate surface area is 208 Å². The SMILES string of the molecule is COc1cc([C@@H]2c3cc4c(cc3[C@@H](SSSCCO)[C@H]3COC(=O)[C@H]23)OCO4)cc(OC)c1O. The van der Waals surface area contributed by atoms with Gasteiger partial charge in [0.15, 0.2) is 23.0 Å². The van der Waals surface area contributed by atoms with Crippen molar-refractivity contribution in [3.63, 3.8) is 0 Å². The molecule has 2 heterocycles. The lowest BCUT2D eigenvalue weighted by Gasteiger charge is -2.38. The second-order valence-corrected chi connectivity index (χ2v) is 12.4. The zero-order chi connectivity index (χ0) is 23.8.